The lowest BCUT2D eigenvalue weighted by atomic mass is 10.1. The lowest BCUT2D eigenvalue weighted by Gasteiger charge is -2.30. The molecule has 1 N–H and O–H groups in total. The fraction of sp³-hybridized carbons (Fsp3) is 0.636. The van der Waals surface area contributed by atoms with E-state index in [4.69, 9.17) is 0 Å². The van der Waals surface area contributed by atoms with Crippen LogP contribution >= 0.6 is 12.4 Å². The Morgan fingerprint density at radius 2 is 2.00 bits per heavy atom. The van der Waals surface area contributed by atoms with Crippen molar-refractivity contribution in [2.24, 2.45) is 0 Å². The summed E-state index contributed by atoms with van der Waals surface area (Å²) >= 11 is 0. The topological polar surface area (TPSA) is 75.2 Å². The van der Waals surface area contributed by atoms with Gasteiger partial charge in [0.15, 0.2) is 0 Å². The lowest BCUT2D eigenvalue weighted by molar-refractivity contribution is 0.297. The summed E-state index contributed by atoms with van der Waals surface area (Å²) in [5.41, 5.74) is 0.661. The normalized spacial score (nSPS) is 18.0. The summed E-state index contributed by atoms with van der Waals surface area (Å²) in [5.74, 6) is 0. The van der Waals surface area contributed by atoms with Gasteiger partial charge in [0.2, 0.25) is 0 Å². The maximum absolute atomic E-state index is 12.3. The highest BCUT2D eigenvalue weighted by Gasteiger charge is 2.30. The Bertz CT molecular complexity index is 515. The van der Waals surface area contributed by atoms with Gasteiger partial charge >= 0.3 is 0 Å². The maximum Gasteiger partial charge on any atom is 0.278 e. The summed E-state index contributed by atoms with van der Waals surface area (Å²) in [7, 11) is -1.63. The third-order valence-corrected chi connectivity index (χ3v) is 4.91. The molecule has 1 aliphatic rings. The maximum atomic E-state index is 12.3. The Kier molecular flexibility index (Phi) is 5.66. The van der Waals surface area contributed by atoms with Gasteiger partial charge in [0, 0.05) is 31.0 Å². The highest BCUT2D eigenvalue weighted by molar-refractivity contribution is 7.88. The van der Waals surface area contributed by atoms with Crippen molar-refractivity contribution in [1.82, 2.24) is 19.6 Å². The molecule has 0 aromatic carbocycles. The van der Waals surface area contributed by atoms with Crippen LogP contribution in [0.5, 0.6) is 0 Å². The van der Waals surface area contributed by atoms with E-state index in [1.807, 2.05) is 7.05 Å². The zero-order valence-electron chi connectivity index (χ0n) is 11.0. The Hall–Kier alpha value is -0.760. The second-order valence-electron chi connectivity index (χ2n) is 4.45. The highest BCUT2D eigenvalue weighted by Crippen LogP contribution is 2.18. The molecule has 1 fully saturated rings. The van der Waals surface area contributed by atoms with Gasteiger partial charge in [-0.25, -0.2) is 18.4 Å². The van der Waals surface area contributed by atoms with Crippen molar-refractivity contribution in [3.8, 4) is 0 Å². The zero-order valence-corrected chi connectivity index (χ0v) is 12.7. The molecule has 0 amide bonds. The van der Waals surface area contributed by atoms with Crippen LogP contribution in [0, 0.1) is 6.92 Å². The van der Waals surface area contributed by atoms with Gasteiger partial charge in [-0.2, -0.15) is 4.31 Å². The van der Waals surface area contributed by atoms with E-state index in [9.17, 15) is 8.42 Å². The van der Waals surface area contributed by atoms with Gasteiger partial charge in [-0.05, 0) is 32.9 Å². The van der Waals surface area contributed by atoms with Crippen LogP contribution in [0.1, 0.15) is 18.5 Å². The minimum Gasteiger partial charge on any atom is -0.317 e. The monoisotopic (exact) mass is 306 g/mol. The van der Waals surface area contributed by atoms with E-state index in [1.54, 1.807) is 13.0 Å². The highest BCUT2D eigenvalue weighted by atomic mass is 35.5. The number of nitrogens with zero attached hydrogens (tertiary/aromatic N) is 3. The summed E-state index contributed by atoms with van der Waals surface area (Å²) in [6.45, 7) is 2.80. The van der Waals surface area contributed by atoms with Crippen LogP contribution in [0.4, 0.5) is 0 Å². The van der Waals surface area contributed by atoms with E-state index < -0.39 is 10.0 Å². The predicted molar refractivity (Wildman–Crippen MR) is 74.9 cm³/mol. The molecule has 0 unspecified atom stereocenters. The van der Waals surface area contributed by atoms with Crippen molar-refractivity contribution in [2.45, 2.75) is 31.0 Å². The number of sulfonamides is 1. The minimum absolute atomic E-state index is 0. The van der Waals surface area contributed by atoms with Crippen molar-refractivity contribution in [3.05, 3.63) is 18.0 Å². The third kappa shape index (κ3) is 3.62. The molecule has 1 saturated heterocycles. The molecular formula is C11H19ClN4O2S. The molecular weight excluding hydrogens is 288 g/mol. The molecule has 0 saturated carbocycles. The largest absolute Gasteiger partial charge is 0.317 e. The number of hydrogen-bond donors (Lipinski definition) is 1. The Morgan fingerprint density at radius 3 is 2.53 bits per heavy atom. The summed E-state index contributed by atoms with van der Waals surface area (Å²) in [6, 6.07) is 2.08. The van der Waals surface area contributed by atoms with Crippen LogP contribution in [-0.4, -0.2) is 48.9 Å². The van der Waals surface area contributed by atoms with Gasteiger partial charge in [-0.1, -0.05) is 0 Å². The number of hydrogen-bond acceptors (Lipinski definition) is 5. The average molecular weight is 307 g/mol. The molecule has 108 valence electrons. The molecule has 8 heteroatoms. The van der Waals surface area contributed by atoms with Crippen LogP contribution in [0.3, 0.4) is 0 Å². The first-order chi connectivity index (χ1) is 8.54. The third-order valence-electron chi connectivity index (χ3n) is 3.21. The first kappa shape index (κ1) is 16.3. The zero-order chi connectivity index (χ0) is 13.2. The van der Waals surface area contributed by atoms with Crippen molar-refractivity contribution in [3.63, 3.8) is 0 Å². The first-order valence-electron chi connectivity index (χ1n) is 6.01. The summed E-state index contributed by atoms with van der Waals surface area (Å²) in [4.78, 5) is 7.87. The van der Waals surface area contributed by atoms with Gasteiger partial charge in [-0.3, -0.25) is 0 Å². The number of halogens is 1. The molecule has 19 heavy (non-hydrogen) atoms. The van der Waals surface area contributed by atoms with Crippen LogP contribution in [0.2, 0.25) is 0 Å². The molecule has 0 radical (unpaired) electrons. The van der Waals surface area contributed by atoms with Gasteiger partial charge < -0.3 is 5.32 Å². The van der Waals surface area contributed by atoms with Crippen molar-refractivity contribution >= 4 is 22.4 Å². The fourth-order valence-corrected chi connectivity index (χ4v) is 3.43. The van der Waals surface area contributed by atoms with E-state index >= 15 is 0 Å². The van der Waals surface area contributed by atoms with E-state index in [0.29, 0.717) is 24.8 Å². The van der Waals surface area contributed by atoms with E-state index in [0.717, 1.165) is 12.8 Å². The van der Waals surface area contributed by atoms with Crippen LogP contribution < -0.4 is 5.32 Å². The van der Waals surface area contributed by atoms with Crippen molar-refractivity contribution < 1.29 is 8.42 Å². The van der Waals surface area contributed by atoms with Crippen LogP contribution in [-0.2, 0) is 10.0 Å². The SMILES string of the molecule is CNC1CCN(S(=O)(=O)c2nccc(C)n2)CC1.Cl. The van der Waals surface area contributed by atoms with E-state index in [1.165, 1.54) is 10.5 Å². The van der Waals surface area contributed by atoms with Gasteiger partial charge in [0.25, 0.3) is 15.2 Å². The summed E-state index contributed by atoms with van der Waals surface area (Å²) < 4.78 is 26.1. The molecule has 2 heterocycles. The molecule has 0 atom stereocenters. The average Bonchev–Trinajstić information content (AvgIpc) is 2.39. The summed E-state index contributed by atoms with van der Waals surface area (Å²) in [6.07, 6.45) is 3.12. The van der Waals surface area contributed by atoms with E-state index in [2.05, 4.69) is 15.3 Å². The molecule has 0 spiro atoms. The Balaban J connectivity index is 0.00000180. The molecule has 0 aliphatic carbocycles. The first-order valence-corrected chi connectivity index (χ1v) is 7.45. The smallest absolute Gasteiger partial charge is 0.278 e. The number of aryl methyl sites for hydroxylation is 1. The number of nitrogens with one attached hydrogen (secondary N) is 1. The second kappa shape index (κ2) is 6.60. The number of rotatable bonds is 3. The predicted octanol–water partition coefficient (Wildman–Crippen LogP) is 0.579. The van der Waals surface area contributed by atoms with E-state index in [-0.39, 0.29) is 17.6 Å². The Labute approximate surface area is 120 Å². The number of piperidine rings is 1. The van der Waals surface area contributed by atoms with Gasteiger partial charge in [0.05, 0.1) is 0 Å². The van der Waals surface area contributed by atoms with Crippen molar-refractivity contribution in [2.75, 3.05) is 20.1 Å². The van der Waals surface area contributed by atoms with Gasteiger partial charge in [-0.15, -0.1) is 12.4 Å². The van der Waals surface area contributed by atoms with Gasteiger partial charge in [0.1, 0.15) is 0 Å². The molecule has 1 aromatic heterocycles. The van der Waals surface area contributed by atoms with Crippen LogP contribution in [0.15, 0.2) is 17.4 Å². The minimum atomic E-state index is -3.53. The molecule has 2 rings (SSSR count). The Morgan fingerprint density at radius 1 is 1.37 bits per heavy atom. The lowest BCUT2D eigenvalue weighted by Crippen LogP contribution is -2.44. The fourth-order valence-electron chi connectivity index (χ4n) is 2.05. The van der Waals surface area contributed by atoms with Crippen molar-refractivity contribution in [1.29, 1.82) is 0 Å². The molecule has 1 aliphatic heterocycles. The second-order valence-corrected chi connectivity index (χ2v) is 6.28. The molecule has 0 bridgehead atoms. The quantitative estimate of drug-likeness (QED) is 0.827. The summed E-state index contributed by atoms with van der Waals surface area (Å²) in [5, 5.41) is 3.08. The standard InChI is InChI=1S/C11H18N4O2S.ClH/c1-9-3-6-13-11(14-9)18(16,17)15-7-4-10(12-2)5-8-15;/h3,6,10,12H,4-5,7-8H2,1-2H3;1H. The molecule has 1 aromatic rings. The molecule has 6 nitrogen and oxygen atoms in total. The number of aromatic nitrogens is 2. The van der Waals surface area contributed by atoms with Crippen LogP contribution in [0.25, 0.3) is 0 Å².